The molecular weight excluding hydrogens is 344 g/mol. The number of aromatic nitrogens is 2. The van der Waals surface area contributed by atoms with Gasteiger partial charge in [0.15, 0.2) is 23.1 Å². The van der Waals surface area contributed by atoms with Gasteiger partial charge in [0.25, 0.3) is 0 Å². The van der Waals surface area contributed by atoms with E-state index in [4.69, 9.17) is 22.1 Å². The van der Waals surface area contributed by atoms with Gasteiger partial charge >= 0.3 is 5.97 Å². The van der Waals surface area contributed by atoms with Crippen LogP contribution in [0, 0.1) is 5.82 Å². The maximum atomic E-state index is 14.5. The molecule has 24 heavy (non-hydrogen) atoms. The van der Waals surface area contributed by atoms with Gasteiger partial charge < -0.3 is 15.2 Å². The predicted molar refractivity (Wildman–Crippen MR) is 84.9 cm³/mol. The molecule has 0 saturated heterocycles. The van der Waals surface area contributed by atoms with Gasteiger partial charge in [-0.05, 0) is 12.1 Å². The zero-order chi connectivity index (χ0) is 18.0. The van der Waals surface area contributed by atoms with E-state index >= 15 is 0 Å². The number of nitrogens with two attached hydrogens (primary N) is 1. The topological polar surface area (TPSA) is 87.3 Å². The van der Waals surface area contributed by atoms with E-state index in [0.29, 0.717) is 0 Å². The van der Waals surface area contributed by atoms with Crippen molar-refractivity contribution in [2.75, 3.05) is 20.0 Å². The van der Waals surface area contributed by atoms with Crippen LogP contribution in [0.4, 0.5) is 14.6 Å². The number of halogens is 3. The van der Waals surface area contributed by atoms with Crippen molar-refractivity contribution in [1.82, 2.24) is 9.97 Å². The average molecular weight is 356 g/mol. The predicted octanol–water partition coefficient (Wildman–Crippen LogP) is 3.25. The zero-order valence-electron chi connectivity index (χ0n) is 12.7. The van der Waals surface area contributed by atoms with Gasteiger partial charge in [-0.2, -0.15) is 0 Å². The van der Waals surface area contributed by atoms with Crippen LogP contribution in [0.3, 0.4) is 0 Å². The standard InChI is InChI=1S/C15H12ClF2N3O3/c1-6(17)9-11(15(22)24-3)20-14(21-13(9)19)7-4-5-8(16)12(23-2)10(7)18/h4-5H,1H2,2-3H3,(H2,19,20,21). The van der Waals surface area contributed by atoms with Crippen molar-refractivity contribution in [2.45, 2.75) is 0 Å². The molecule has 0 spiro atoms. The molecule has 9 heteroatoms. The number of nitrogens with zero attached hydrogens (tertiary/aromatic N) is 2. The average Bonchev–Trinajstić information content (AvgIpc) is 2.53. The molecule has 0 atom stereocenters. The summed E-state index contributed by atoms with van der Waals surface area (Å²) in [6.07, 6.45) is 0. The number of hydrogen-bond acceptors (Lipinski definition) is 6. The lowest BCUT2D eigenvalue weighted by molar-refractivity contribution is 0.0593. The lowest BCUT2D eigenvalue weighted by Crippen LogP contribution is -2.13. The highest BCUT2D eigenvalue weighted by Gasteiger charge is 2.24. The summed E-state index contributed by atoms with van der Waals surface area (Å²) in [4.78, 5) is 19.5. The Morgan fingerprint density at radius 2 is 2.00 bits per heavy atom. The number of anilines is 1. The van der Waals surface area contributed by atoms with Gasteiger partial charge in [-0.3, -0.25) is 0 Å². The molecule has 0 aliphatic rings. The summed E-state index contributed by atoms with van der Waals surface area (Å²) < 4.78 is 37.5. The minimum absolute atomic E-state index is 0.0358. The highest BCUT2D eigenvalue weighted by Crippen LogP contribution is 2.35. The minimum atomic E-state index is -1.02. The van der Waals surface area contributed by atoms with Gasteiger partial charge in [-0.25, -0.2) is 23.5 Å². The Morgan fingerprint density at radius 1 is 1.33 bits per heavy atom. The molecule has 2 N–H and O–H groups in total. The Labute approximate surface area is 140 Å². The molecule has 0 fully saturated rings. The first kappa shape index (κ1) is 17.6. The molecule has 6 nitrogen and oxygen atoms in total. The first-order valence-corrected chi connectivity index (χ1v) is 6.82. The fourth-order valence-electron chi connectivity index (χ4n) is 2.00. The highest BCUT2D eigenvalue weighted by atomic mass is 35.5. The SMILES string of the molecule is C=C(F)c1c(N)nc(-c2ccc(Cl)c(OC)c2F)nc1C(=O)OC. The van der Waals surface area contributed by atoms with Gasteiger partial charge in [0.05, 0.1) is 30.4 Å². The van der Waals surface area contributed by atoms with Crippen LogP contribution < -0.4 is 10.5 Å². The number of carbonyl (C=O) groups is 1. The number of rotatable bonds is 4. The summed E-state index contributed by atoms with van der Waals surface area (Å²) in [5.41, 5.74) is 4.65. The molecule has 0 aliphatic carbocycles. The second-order valence-corrected chi connectivity index (χ2v) is 4.90. The molecular formula is C15H12ClF2N3O3. The van der Waals surface area contributed by atoms with Crippen LogP contribution in [0.25, 0.3) is 17.2 Å². The van der Waals surface area contributed by atoms with Crippen LogP contribution in [0.1, 0.15) is 16.1 Å². The molecule has 0 amide bonds. The molecule has 2 aromatic rings. The van der Waals surface area contributed by atoms with Gasteiger partial charge in [-0.15, -0.1) is 0 Å². The van der Waals surface area contributed by atoms with Crippen molar-refractivity contribution < 1.29 is 23.0 Å². The number of nitrogen functional groups attached to an aromatic ring is 1. The van der Waals surface area contributed by atoms with Crippen LogP contribution in [0.5, 0.6) is 5.75 Å². The Balaban J connectivity index is 2.76. The molecule has 1 aromatic heterocycles. The van der Waals surface area contributed by atoms with Crippen LogP contribution in [0.2, 0.25) is 5.02 Å². The Hall–Kier alpha value is -2.74. The van der Waals surface area contributed by atoms with Gasteiger partial charge in [-0.1, -0.05) is 18.2 Å². The second kappa shape index (κ2) is 6.79. The largest absolute Gasteiger partial charge is 0.492 e. The summed E-state index contributed by atoms with van der Waals surface area (Å²) in [5.74, 6) is -3.72. The quantitative estimate of drug-likeness (QED) is 0.847. The Morgan fingerprint density at radius 3 is 2.54 bits per heavy atom. The summed E-state index contributed by atoms with van der Waals surface area (Å²) in [5, 5.41) is 0.0358. The maximum absolute atomic E-state index is 14.5. The fourth-order valence-corrected chi connectivity index (χ4v) is 2.23. The van der Waals surface area contributed by atoms with E-state index < -0.39 is 28.9 Å². The highest BCUT2D eigenvalue weighted by molar-refractivity contribution is 6.32. The summed E-state index contributed by atoms with van der Waals surface area (Å²) in [6.45, 7) is 3.08. The Kier molecular flexibility index (Phi) is 4.99. The monoisotopic (exact) mass is 355 g/mol. The van der Waals surface area contributed by atoms with Crippen molar-refractivity contribution in [3.05, 3.63) is 40.8 Å². The molecule has 126 valence electrons. The maximum Gasteiger partial charge on any atom is 0.357 e. The van der Waals surface area contributed by atoms with Crippen LogP contribution in [-0.4, -0.2) is 30.2 Å². The van der Waals surface area contributed by atoms with E-state index in [1.807, 2.05) is 0 Å². The number of hydrogen-bond donors (Lipinski definition) is 1. The van der Waals surface area contributed by atoms with Crippen LogP contribution in [-0.2, 0) is 4.74 Å². The molecule has 0 saturated carbocycles. The summed E-state index contributed by atoms with van der Waals surface area (Å²) in [6, 6.07) is 2.64. The number of ether oxygens (including phenoxy) is 2. The Bertz CT molecular complexity index is 843. The molecule has 1 heterocycles. The zero-order valence-corrected chi connectivity index (χ0v) is 13.4. The summed E-state index contributed by atoms with van der Waals surface area (Å²) in [7, 11) is 2.32. The van der Waals surface area contributed by atoms with Crippen LogP contribution >= 0.6 is 11.6 Å². The fraction of sp³-hybridized carbons (Fsp3) is 0.133. The van der Waals surface area contributed by atoms with Crippen molar-refractivity contribution in [2.24, 2.45) is 0 Å². The number of methoxy groups -OCH3 is 2. The molecule has 0 aliphatic heterocycles. The van der Waals surface area contributed by atoms with E-state index in [1.165, 1.54) is 19.2 Å². The molecule has 0 radical (unpaired) electrons. The third-order valence-electron chi connectivity index (χ3n) is 3.08. The van der Waals surface area contributed by atoms with Crippen molar-refractivity contribution >= 4 is 29.2 Å². The first-order chi connectivity index (χ1) is 11.3. The molecule has 2 rings (SSSR count). The molecule has 0 bridgehead atoms. The van der Waals surface area contributed by atoms with E-state index in [0.717, 1.165) is 7.11 Å². The first-order valence-electron chi connectivity index (χ1n) is 6.44. The van der Waals surface area contributed by atoms with Crippen LogP contribution in [0.15, 0.2) is 18.7 Å². The van der Waals surface area contributed by atoms with Gasteiger partial charge in [0.1, 0.15) is 11.6 Å². The van der Waals surface area contributed by atoms with E-state index in [2.05, 4.69) is 21.3 Å². The molecule has 0 unspecified atom stereocenters. The van der Waals surface area contributed by atoms with E-state index in [1.54, 1.807) is 0 Å². The number of benzene rings is 1. The lowest BCUT2D eigenvalue weighted by Gasteiger charge is -2.12. The second-order valence-electron chi connectivity index (χ2n) is 4.49. The van der Waals surface area contributed by atoms with Crippen molar-refractivity contribution in [3.8, 4) is 17.1 Å². The lowest BCUT2D eigenvalue weighted by atomic mass is 10.1. The van der Waals surface area contributed by atoms with Crippen molar-refractivity contribution in [1.29, 1.82) is 0 Å². The van der Waals surface area contributed by atoms with Crippen molar-refractivity contribution in [3.63, 3.8) is 0 Å². The van der Waals surface area contributed by atoms with Gasteiger partial charge in [0.2, 0.25) is 0 Å². The number of carbonyl (C=O) groups excluding carboxylic acids is 1. The smallest absolute Gasteiger partial charge is 0.357 e. The minimum Gasteiger partial charge on any atom is -0.492 e. The summed E-state index contributed by atoms with van der Waals surface area (Å²) >= 11 is 5.83. The molecule has 1 aromatic carbocycles. The third-order valence-corrected chi connectivity index (χ3v) is 3.38. The van der Waals surface area contributed by atoms with E-state index in [9.17, 15) is 13.6 Å². The van der Waals surface area contributed by atoms with E-state index in [-0.39, 0.29) is 28.0 Å². The normalized spacial score (nSPS) is 10.4. The van der Waals surface area contributed by atoms with Gasteiger partial charge in [0, 0.05) is 0 Å². The number of esters is 1. The third kappa shape index (κ3) is 3.00.